The molecule has 2 aromatic rings. The van der Waals surface area contributed by atoms with Crippen LogP contribution in [0.4, 0.5) is 31.1 Å². The molecule has 49 heavy (non-hydrogen) atoms. The van der Waals surface area contributed by atoms with E-state index in [1.807, 2.05) is 0 Å². The summed E-state index contributed by atoms with van der Waals surface area (Å²) in [6.45, 7) is 2.94. The average Bonchev–Trinajstić information content (AvgIpc) is 3.57. The van der Waals surface area contributed by atoms with Crippen LogP contribution in [0.25, 0.3) is 11.4 Å². The molecule has 0 atom stereocenters. The minimum absolute atomic E-state index is 0.00846. The van der Waals surface area contributed by atoms with Crippen molar-refractivity contribution in [3.8, 4) is 17.1 Å². The second-order valence-electron chi connectivity index (χ2n) is 13.9. The number of urea groups is 1. The van der Waals surface area contributed by atoms with Gasteiger partial charge in [-0.05, 0) is 88.5 Å². The van der Waals surface area contributed by atoms with Crippen LogP contribution in [0.5, 0.6) is 5.75 Å². The standard InChI is InChI=1S/C33H41F6N5O5/c1-21-18-23(6-7-25(21)48-20-30(2,32(34,35)36)33(37,38)39)27-40-26(49-41-27)19-43-28(45)31(11-14-42(15-12-31)24-4-3-5-24)44(29(43)46)13-8-22-9-16-47-17-10-22/h6-7,18,22,24H,3-5,8-17,19-20H2,1-2H3. The monoisotopic (exact) mass is 701 g/mol. The van der Waals surface area contributed by atoms with Gasteiger partial charge >= 0.3 is 18.4 Å². The van der Waals surface area contributed by atoms with Crippen LogP contribution >= 0.6 is 0 Å². The van der Waals surface area contributed by atoms with Gasteiger partial charge in [0, 0.05) is 44.5 Å². The predicted octanol–water partition coefficient (Wildman–Crippen LogP) is 6.52. The van der Waals surface area contributed by atoms with Crippen molar-refractivity contribution in [2.45, 2.75) is 95.7 Å². The highest BCUT2D eigenvalue weighted by molar-refractivity contribution is 6.07. The SMILES string of the molecule is Cc1cc(-c2noc(CN3C(=O)N(CCC4CCOCC4)C4(CCN(C5CCC5)CC4)C3=O)n2)ccc1OCC(C)(C(F)(F)F)C(F)(F)F. The van der Waals surface area contributed by atoms with Crippen LogP contribution in [0.15, 0.2) is 22.7 Å². The summed E-state index contributed by atoms with van der Waals surface area (Å²) in [7, 11) is 0. The maximum absolute atomic E-state index is 14.1. The molecule has 0 radical (unpaired) electrons. The van der Waals surface area contributed by atoms with E-state index in [0.717, 1.165) is 45.2 Å². The number of likely N-dealkylation sites (tertiary alicyclic amines) is 1. The molecule has 16 heteroatoms. The molecule has 0 unspecified atom stereocenters. The van der Waals surface area contributed by atoms with Crippen molar-refractivity contribution in [2.24, 2.45) is 11.3 Å². The number of benzene rings is 1. The lowest BCUT2D eigenvalue weighted by atomic mass is 9.82. The van der Waals surface area contributed by atoms with Crippen molar-refractivity contribution < 1.29 is 49.9 Å². The summed E-state index contributed by atoms with van der Waals surface area (Å²) in [4.78, 5) is 37.8. The Morgan fingerprint density at radius 1 is 1.00 bits per heavy atom. The van der Waals surface area contributed by atoms with Crippen molar-refractivity contribution in [2.75, 3.05) is 39.5 Å². The topological polar surface area (TPSA) is 101 Å². The number of rotatable bonds is 10. The van der Waals surface area contributed by atoms with E-state index in [1.54, 1.807) is 4.90 Å². The van der Waals surface area contributed by atoms with E-state index in [2.05, 4.69) is 15.0 Å². The van der Waals surface area contributed by atoms with Crippen LogP contribution in [0.3, 0.4) is 0 Å². The molecule has 6 rings (SSSR count). The average molecular weight is 702 g/mol. The molecule has 4 aliphatic rings. The molecule has 10 nitrogen and oxygen atoms in total. The maximum Gasteiger partial charge on any atom is 0.406 e. The molecule has 1 aliphatic carbocycles. The third-order valence-electron chi connectivity index (χ3n) is 10.9. The van der Waals surface area contributed by atoms with Crippen LogP contribution in [0.2, 0.25) is 0 Å². The van der Waals surface area contributed by atoms with Crippen molar-refractivity contribution in [1.82, 2.24) is 24.8 Å². The largest absolute Gasteiger partial charge is 0.492 e. The lowest BCUT2D eigenvalue weighted by Crippen LogP contribution is -2.58. The molecule has 0 bridgehead atoms. The molecule has 1 aromatic heterocycles. The van der Waals surface area contributed by atoms with E-state index in [9.17, 15) is 35.9 Å². The number of amides is 3. The van der Waals surface area contributed by atoms with E-state index in [0.29, 0.717) is 50.1 Å². The van der Waals surface area contributed by atoms with Gasteiger partial charge in [-0.2, -0.15) is 31.3 Å². The number of aromatic nitrogens is 2. The van der Waals surface area contributed by atoms with Crippen molar-refractivity contribution in [3.63, 3.8) is 0 Å². The van der Waals surface area contributed by atoms with E-state index < -0.39 is 35.9 Å². The van der Waals surface area contributed by atoms with E-state index in [1.165, 1.54) is 36.4 Å². The Kier molecular flexibility index (Phi) is 9.67. The third-order valence-corrected chi connectivity index (χ3v) is 10.9. The number of halogens is 6. The first kappa shape index (κ1) is 35.4. The smallest absolute Gasteiger partial charge is 0.406 e. The summed E-state index contributed by atoms with van der Waals surface area (Å²) in [5.74, 6) is 0.0399. The zero-order chi connectivity index (χ0) is 35.2. The number of alkyl halides is 6. The minimum atomic E-state index is -5.58. The zero-order valence-corrected chi connectivity index (χ0v) is 27.5. The van der Waals surface area contributed by atoms with Gasteiger partial charge in [0.1, 0.15) is 24.4 Å². The predicted molar refractivity (Wildman–Crippen MR) is 162 cm³/mol. The molecule has 3 saturated heterocycles. The Labute approximate surface area is 280 Å². The third kappa shape index (κ3) is 6.74. The number of hydrogen-bond donors (Lipinski definition) is 0. The highest BCUT2D eigenvalue weighted by Crippen LogP contribution is 2.50. The van der Waals surface area contributed by atoms with Gasteiger partial charge < -0.3 is 23.8 Å². The summed E-state index contributed by atoms with van der Waals surface area (Å²) >= 11 is 0. The Hall–Kier alpha value is -3.40. The van der Waals surface area contributed by atoms with Crippen molar-refractivity contribution in [1.29, 1.82) is 0 Å². The normalized spacial score (nSPS) is 21.6. The summed E-state index contributed by atoms with van der Waals surface area (Å²) in [5, 5.41) is 3.96. The second kappa shape index (κ2) is 13.4. The highest BCUT2D eigenvalue weighted by Gasteiger charge is 2.68. The number of ether oxygens (including phenoxy) is 2. The quantitative estimate of drug-likeness (QED) is 0.204. The molecule has 3 aliphatic heterocycles. The number of imide groups is 1. The molecule has 4 fully saturated rings. The van der Waals surface area contributed by atoms with Crippen LogP contribution in [0.1, 0.15) is 69.7 Å². The fourth-order valence-electron chi connectivity index (χ4n) is 7.14. The first-order chi connectivity index (χ1) is 23.1. The second-order valence-corrected chi connectivity index (χ2v) is 13.9. The van der Waals surface area contributed by atoms with Gasteiger partial charge in [-0.25, -0.2) is 4.79 Å². The van der Waals surface area contributed by atoms with Crippen LogP contribution in [-0.2, 0) is 16.1 Å². The molecule has 1 spiro atoms. The summed E-state index contributed by atoms with van der Waals surface area (Å²) in [6, 6.07) is 4.20. The molecular weight excluding hydrogens is 660 g/mol. The van der Waals surface area contributed by atoms with Crippen LogP contribution < -0.4 is 4.74 Å². The molecule has 1 aromatic carbocycles. The Balaban J connectivity index is 1.15. The van der Waals surface area contributed by atoms with Gasteiger partial charge in [-0.3, -0.25) is 9.69 Å². The van der Waals surface area contributed by atoms with Gasteiger partial charge in [0.25, 0.3) is 5.91 Å². The molecule has 3 amide bonds. The van der Waals surface area contributed by atoms with Gasteiger partial charge in [0.05, 0.1) is 0 Å². The molecular formula is C33H41F6N5O5. The number of piperidine rings is 1. The highest BCUT2D eigenvalue weighted by atomic mass is 19.4. The van der Waals surface area contributed by atoms with Gasteiger partial charge in [0.2, 0.25) is 11.7 Å². The number of carbonyl (C=O) groups is 2. The summed E-state index contributed by atoms with van der Waals surface area (Å²) in [5.41, 5.74) is -4.40. The number of hydrogen-bond acceptors (Lipinski definition) is 8. The molecule has 270 valence electrons. The fourth-order valence-corrected chi connectivity index (χ4v) is 7.14. The maximum atomic E-state index is 14.1. The van der Waals surface area contributed by atoms with E-state index in [-0.39, 0.29) is 42.4 Å². The van der Waals surface area contributed by atoms with Gasteiger partial charge in [-0.1, -0.05) is 11.6 Å². The molecule has 0 N–H and O–H groups in total. The van der Waals surface area contributed by atoms with Crippen molar-refractivity contribution >= 4 is 11.9 Å². The number of carbonyl (C=O) groups excluding carboxylic acids is 2. The van der Waals surface area contributed by atoms with Crippen LogP contribution in [-0.4, -0.2) is 100 Å². The first-order valence-corrected chi connectivity index (χ1v) is 16.8. The number of nitrogens with zero attached hydrogens (tertiary/aromatic N) is 5. The Morgan fingerprint density at radius 2 is 1.67 bits per heavy atom. The Bertz CT molecular complexity index is 1500. The first-order valence-electron chi connectivity index (χ1n) is 16.8. The summed E-state index contributed by atoms with van der Waals surface area (Å²) in [6.07, 6.45) is -3.92. The lowest BCUT2D eigenvalue weighted by Gasteiger charge is -2.47. The zero-order valence-electron chi connectivity index (χ0n) is 27.5. The molecule has 1 saturated carbocycles. The Morgan fingerprint density at radius 3 is 2.27 bits per heavy atom. The van der Waals surface area contributed by atoms with Crippen molar-refractivity contribution in [3.05, 3.63) is 29.7 Å². The molecule has 4 heterocycles. The van der Waals surface area contributed by atoms with Gasteiger partial charge in [0.15, 0.2) is 5.41 Å². The summed E-state index contributed by atoms with van der Waals surface area (Å²) < 4.78 is 95.8. The fraction of sp³-hybridized carbons (Fsp3) is 0.697. The van der Waals surface area contributed by atoms with E-state index >= 15 is 0 Å². The van der Waals surface area contributed by atoms with Crippen LogP contribution in [0, 0.1) is 18.3 Å². The minimum Gasteiger partial charge on any atom is -0.492 e. The number of aryl methyl sites for hydroxylation is 1. The van der Waals surface area contributed by atoms with Gasteiger partial charge in [-0.15, -0.1) is 0 Å². The lowest BCUT2D eigenvalue weighted by molar-refractivity contribution is -0.340. The van der Waals surface area contributed by atoms with E-state index in [4.69, 9.17) is 14.0 Å².